The number of carbonyl (C=O) groups excluding carboxylic acids is 1. The van der Waals surface area contributed by atoms with Crippen LogP contribution in [0.1, 0.15) is 34.3 Å². The second-order valence-electron chi connectivity index (χ2n) is 6.66. The Balaban J connectivity index is 1.91. The molecule has 1 amide bonds. The highest BCUT2D eigenvalue weighted by Crippen LogP contribution is 2.23. The molecular weight excluding hydrogens is 346 g/mol. The number of aryl methyl sites for hydroxylation is 5. The maximum atomic E-state index is 12.8. The van der Waals surface area contributed by atoms with Crippen molar-refractivity contribution >= 4 is 33.1 Å². The third kappa shape index (κ3) is 3.42. The SMILES string of the molecule is CCc1cc2c(=O)n(CC(=O)Nc3c(C)cc(C)cc3C)c(C)nc2s1. The number of nitrogens with zero attached hydrogens (tertiary/aromatic N) is 2. The predicted molar refractivity (Wildman–Crippen MR) is 107 cm³/mol. The third-order valence-corrected chi connectivity index (χ3v) is 5.66. The fourth-order valence-electron chi connectivity index (χ4n) is 3.23. The summed E-state index contributed by atoms with van der Waals surface area (Å²) in [5, 5.41) is 3.54. The first kappa shape index (κ1) is 18.3. The maximum absolute atomic E-state index is 12.8. The molecule has 2 heterocycles. The molecule has 0 spiro atoms. The zero-order chi connectivity index (χ0) is 19.0. The number of hydrogen-bond donors (Lipinski definition) is 1. The Morgan fingerprint density at radius 2 is 1.81 bits per heavy atom. The van der Waals surface area contributed by atoms with E-state index in [1.54, 1.807) is 6.92 Å². The molecule has 5 nitrogen and oxygen atoms in total. The molecule has 6 heteroatoms. The molecular formula is C20H23N3O2S. The van der Waals surface area contributed by atoms with E-state index in [0.717, 1.165) is 38.5 Å². The van der Waals surface area contributed by atoms with Crippen molar-refractivity contribution < 1.29 is 4.79 Å². The number of hydrogen-bond acceptors (Lipinski definition) is 4. The lowest BCUT2D eigenvalue weighted by molar-refractivity contribution is -0.116. The van der Waals surface area contributed by atoms with E-state index >= 15 is 0 Å². The molecule has 0 unspecified atom stereocenters. The van der Waals surface area contributed by atoms with Gasteiger partial charge in [-0.05, 0) is 51.3 Å². The van der Waals surface area contributed by atoms with Crippen molar-refractivity contribution in [2.24, 2.45) is 0 Å². The smallest absolute Gasteiger partial charge is 0.262 e. The Bertz CT molecular complexity index is 1040. The first-order valence-electron chi connectivity index (χ1n) is 8.67. The number of fused-ring (bicyclic) bond motifs is 1. The summed E-state index contributed by atoms with van der Waals surface area (Å²) >= 11 is 1.54. The van der Waals surface area contributed by atoms with Crippen molar-refractivity contribution in [2.75, 3.05) is 5.32 Å². The minimum absolute atomic E-state index is 0.0440. The number of rotatable bonds is 4. The molecule has 26 heavy (non-hydrogen) atoms. The normalized spacial score (nSPS) is 11.1. The van der Waals surface area contributed by atoms with E-state index in [2.05, 4.69) is 17.2 Å². The number of amides is 1. The van der Waals surface area contributed by atoms with E-state index in [1.807, 2.05) is 39.0 Å². The minimum Gasteiger partial charge on any atom is -0.324 e. The molecule has 0 aliphatic carbocycles. The Morgan fingerprint density at radius 1 is 1.15 bits per heavy atom. The van der Waals surface area contributed by atoms with Gasteiger partial charge in [0.2, 0.25) is 5.91 Å². The van der Waals surface area contributed by atoms with Gasteiger partial charge in [-0.15, -0.1) is 11.3 Å². The lowest BCUT2D eigenvalue weighted by Crippen LogP contribution is -2.30. The molecule has 136 valence electrons. The van der Waals surface area contributed by atoms with Crippen LogP contribution in [0.5, 0.6) is 0 Å². The van der Waals surface area contributed by atoms with Gasteiger partial charge in [-0.25, -0.2) is 4.98 Å². The van der Waals surface area contributed by atoms with Gasteiger partial charge in [-0.3, -0.25) is 14.2 Å². The van der Waals surface area contributed by atoms with Crippen LogP contribution in [0.15, 0.2) is 23.0 Å². The van der Waals surface area contributed by atoms with Crippen molar-refractivity contribution in [1.29, 1.82) is 0 Å². The lowest BCUT2D eigenvalue weighted by atomic mass is 10.1. The van der Waals surface area contributed by atoms with Crippen LogP contribution in [0, 0.1) is 27.7 Å². The topological polar surface area (TPSA) is 64.0 Å². The summed E-state index contributed by atoms with van der Waals surface area (Å²) < 4.78 is 1.45. The van der Waals surface area contributed by atoms with E-state index in [-0.39, 0.29) is 18.0 Å². The van der Waals surface area contributed by atoms with E-state index in [9.17, 15) is 9.59 Å². The lowest BCUT2D eigenvalue weighted by Gasteiger charge is -2.14. The van der Waals surface area contributed by atoms with Crippen LogP contribution >= 0.6 is 11.3 Å². The standard InChI is InChI=1S/C20H23N3O2S/c1-6-15-9-16-19(26-15)21-14(5)23(20(16)25)10-17(24)22-18-12(3)7-11(2)8-13(18)4/h7-9H,6,10H2,1-5H3,(H,22,24). The average molecular weight is 369 g/mol. The summed E-state index contributed by atoms with van der Waals surface area (Å²) in [6, 6.07) is 5.95. The highest BCUT2D eigenvalue weighted by Gasteiger charge is 2.15. The van der Waals surface area contributed by atoms with Crippen LogP contribution < -0.4 is 10.9 Å². The number of aromatic nitrogens is 2. The molecule has 2 aromatic heterocycles. The van der Waals surface area contributed by atoms with Gasteiger partial charge in [0.05, 0.1) is 5.39 Å². The fraction of sp³-hybridized carbons (Fsp3) is 0.350. The molecule has 3 rings (SSSR count). The number of carbonyl (C=O) groups is 1. The molecule has 0 aliphatic heterocycles. The van der Waals surface area contributed by atoms with Gasteiger partial charge in [0.15, 0.2) is 0 Å². The molecule has 0 saturated carbocycles. The van der Waals surface area contributed by atoms with Gasteiger partial charge in [-0.2, -0.15) is 0 Å². The van der Waals surface area contributed by atoms with Crippen molar-refractivity contribution in [3.63, 3.8) is 0 Å². The Labute approximate surface area is 156 Å². The first-order valence-corrected chi connectivity index (χ1v) is 9.49. The van der Waals surface area contributed by atoms with Crippen LogP contribution in [-0.4, -0.2) is 15.5 Å². The van der Waals surface area contributed by atoms with Crippen molar-refractivity contribution in [1.82, 2.24) is 9.55 Å². The molecule has 1 aromatic carbocycles. The molecule has 0 fully saturated rings. The maximum Gasteiger partial charge on any atom is 0.262 e. The Morgan fingerprint density at radius 3 is 2.42 bits per heavy atom. The highest BCUT2D eigenvalue weighted by molar-refractivity contribution is 7.18. The summed E-state index contributed by atoms with van der Waals surface area (Å²) in [5.74, 6) is 0.330. The Kier molecular flexibility index (Phi) is 4.96. The fourth-order valence-corrected chi connectivity index (χ4v) is 4.23. The summed E-state index contributed by atoms with van der Waals surface area (Å²) in [6.07, 6.45) is 0.867. The Hall–Kier alpha value is -2.47. The summed E-state index contributed by atoms with van der Waals surface area (Å²) in [6.45, 7) is 9.74. The van der Waals surface area contributed by atoms with Crippen LogP contribution in [0.25, 0.3) is 10.2 Å². The number of anilines is 1. The van der Waals surface area contributed by atoms with Crippen LogP contribution in [0.2, 0.25) is 0 Å². The van der Waals surface area contributed by atoms with Gasteiger partial charge < -0.3 is 5.32 Å². The van der Waals surface area contributed by atoms with Crippen LogP contribution in [-0.2, 0) is 17.8 Å². The summed E-state index contributed by atoms with van der Waals surface area (Å²) in [5.41, 5.74) is 3.84. The van der Waals surface area contributed by atoms with Crippen molar-refractivity contribution in [3.8, 4) is 0 Å². The molecule has 0 aliphatic rings. The van der Waals surface area contributed by atoms with Gasteiger partial charge >= 0.3 is 0 Å². The minimum atomic E-state index is -0.225. The van der Waals surface area contributed by atoms with Crippen LogP contribution in [0.3, 0.4) is 0 Å². The zero-order valence-electron chi connectivity index (χ0n) is 15.8. The third-order valence-electron chi connectivity index (χ3n) is 4.48. The summed E-state index contributed by atoms with van der Waals surface area (Å²) in [4.78, 5) is 31.7. The molecule has 3 aromatic rings. The largest absolute Gasteiger partial charge is 0.324 e. The zero-order valence-corrected chi connectivity index (χ0v) is 16.6. The molecule has 0 atom stereocenters. The van der Waals surface area contributed by atoms with Gasteiger partial charge in [-0.1, -0.05) is 24.6 Å². The number of benzene rings is 1. The summed E-state index contributed by atoms with van der Waals surface area (Å²) in [7, 11) is 0. The molecule has 0 saturated heterocycles. The first-order chi connectivity index (χ1) is 12.3. The van der Waals surface area contributed by atoms with E-state index in [0.29, 0.717) is 11.2 Å². The second-order valence-corrected chi connectivity index (χ2v) is 7.77. The van der Waals surface area contributed by atoms with E-state index < -0.39 is 0 Å². The predicted octanol–water partition coefficient (Wildman–Crippen LogP) is 3.89. The van der Waals surface area contributed by atoms with E-state index in [4.69, 9.17) is 0 Å². The molecule has 1 N–H and O–H groups in total. The van der Waals surface area contributed by atoms with E-state index in [1.165, 1.54) is 15.9 Å². The molecule has 0 bridgehead atoms. The second kappa shape index (κ2) is 7.03. The highest BCUT2D eigenvalue weighted by atomic mass is 32.1. The average Bonchev–Trinajstić information content (AvgIpc) is 2.98. The number of nitrogens with one attached hydrogen (secondary N) is 1. The van der Waals surface area contributed by atoms with Gasteiger partial charge in [0, 0.05) is 10.6 Å². The quantitative estimate of drug-likeness (QED) is 0.759. The molecule has 0 radical (unpaired) electrons. The van der Waals surface area contributed by atoms with Crippen molar-refractivity contribution in [2.45, 2.75) is 47.6 Å². The van der Waals surface area contributed by atoms with Crippen molar-refractivity contribution in [3.05, 3.63) is 55.9 Å². The monoisotopic (exact) mass is 369 g/mol. The van der Waals surface area contributed by atoms with Gasteiger partial charge in [0.1, 0.15) is 17.2 Å². The van der Waals surface area contributed by atoms with Gasteiger partial charge in [0.25, 0.3) is 5.56 Å². The number of thiophene rings is 1. The van der Waals surface area contributed by atoms with Crippen LogP contribution in [0.4, 0.5) is 5.69 Å².